The van der Waals surface area contributed by atoms with Crippen molar-refractivity contribution >= 4 is 56.9 Å². The van der Waals surface area contributed by atoms with Crippen molar-refractivity contribution in [3.8, 4) is 9.85 Å². The zero-order valence-electron chi connectivity index (χ0n) is 14.6. The molecule has 2 aromatic rings. The molecule has 1 aromatic carbocycles. The summed E-state index contributed by atoms with van der Waals surface area (Å²) in [5.74, 6) is 0.780. The number of primary amides is 1. The van der Waals surface area contributed by atoms with Crippen molar-refractivity contribution in [3.05, 3.63) is 33.7 Å². The standard InChI is InChI=1S/C19H18ClFIN3O2/c1-9-17(20)16-15(13(21)8-12(19(23)27)18(16)24-9)10-3-2-4-11(7-10)25-14(26)5-6-22/h8,10-11,24H,2-4,7H2,1H3,(H2,23,27)(H,25,26). The molecule has 0 aliphatic heterocycles. The summed E-state index contributed by atoms with van der Waals surface area (Å²) in [6, 6.07) is 1.09. The van der Waals surface area contributed by atoms with Crippen LogP contribution in [0.25, 0.3) is 10.9 Å². The number of carbonyl (C=O) groups is 2. The fraction of sp³-hybridized carbons (Fsp3) is 0.368. The number of carbonyl (C=O) groups excluding carboxylic acids is 2. The van der Waals surface area contributed by atoms with Crippen LogP contribution in [-0.4, -0.2) is 22.8 Å². The number of H-pyrrole nitrogens is 1. The Morgan fingerprint density at radius 3 is 2.85 bits per heavy atom. The van der Waals surface area contributed by atoms with Gasteiger partial charge < -0.3 is 16.0 Å². The van der Waals surface area contributed by atoms with Crippen LogP contribution in [0.4, 0.5) is 4.39 Å². The Balaban J connectivity index is 2.04. The van der Waals surface area contributed by atoms with Gasteiger partial charge in [-0.3, -0.25) is 9.59 Å². The first-order valence-electron chi connectivity index (χ1n) is 8.55. The Kier molecular flexibility index (Phi) is 5.96. The normalized spacial score (nSPS) is 19.4. The number of halogens is 3. The van der Waals surface area contributed by atoms with Gasteiger partial charge in [-0.25, -0.2) is 4.39 Å². The monoisotopic (exact) mass is 501 g/mol. The number of fused-ring (bicyclic) bond motifs is 1. The summed E-state index contributed by atoms with van der Waals surface area (Å²) < 4.78 is 17.6. The highest BCUT2D eigenvalue weighted by molar-refractivity contribution is 14.1. The third-order valence-corrected chi connectivity index (χ3v) is 5.76. The van der Waals surface area contributed by atoms with E-state index in [0.717, 1.165) is 19.3 Å². The molecule has 1 fully saturated rings. The van der Waals surface area contributed by atoms with E-state index in [1.54, 1.807) is 6.92 Å². The highest BCUT2D eigenvalue weighted by Crippen LogP contribution is 2.42. The summed E-state index contributed by atoms with van der Waals surface area (Å²) in [7, 11) is 0. The van der Waals surface area contributed by atoms with Crippen molar-refractivity contribution in [2.24, 2.45) is 5.73 Å². The van der Waals surface area contributed by atoms with Gasteiger partial charge in [0.25, 0.3) is 11.8 Å². The van der Waals surface area contributed by atoms with Gasteiger partial charge in [0, 0.05) is 51.2 Å². The zero-order valence-corrected chi connectivity index (χ0v) is 17.5. The lowest BCUT2D eigenvalue weighted by molar-refractivity contribution is -0.116. The average molecular weight is 502 g/mol. The second-order valence-corrected chi connectivity index (χ2v) is 7.67. The molecule has 0 bridgehead atoms. The van der Waals surface area contributed by atoms with Crippen LogP contribution in [0, 0.1) is 22.6 Å². The third kappa shape index (κ3) is 3.92. The molecular formula is C19H18ClFIN3O2. The van der Waals surface area contributed by atoms with Crippen LogP contribution < -0.4 is 11.1 Å². The molecule has 27 heavy (non-hydrogen) atoms. The molecule has 4 N–H and O–H groups in total. The second-order valence-electron chi connectivity index (χ2n) is 6.75. The van der Waals surface area contributed by atoms with Crippen LogP contribution in [0.15, 0.2) is 6.07 Å². The summed E-state index contributed by atoms with van der Waals surface area (Å²) in [6.45, 7) is 1.77. The van der Waals surface area contributed by atoms with Gasteiger partial charge in [0.1, 0.15) is 5.82 Å². The van der Waals surface area contributed by atoms with Gasteiger partial charge in [0.15, 0.2) is 0 Å². The van der Waals surface area contributed by atoms with E-state index in [2.05, 4.69) is 20.1 Å². The minimum atomic E-state index is -0.713. The summed E-state index contributed by atoms with van der Waals surface area (Å²) in [6.07, 6.45) is 3.01. The Morgan fingerprint density at radius 2 is 2.19 bits per heavy atom. The van der Waals surface area contributed by atoms with Crippen LogP contribution >= 0.6 is 34.2 Å². The number of nitrogens with one attached hydrogen (secondary N) is 2. The fourth-order valence-electron chi connectivity index (χ4n) is 3.89. The number of hydrogen-bond donors (Lipinski definition) is 3. The predicted octanol–water partition coefficient (Wildman–Crippen LogP) is 3.91. The molecule has 8 heteroatoms. The molecule has 1 saturated carbocycles. The van der Waals surface area contributed by atoms with Crippen LogP contribution in [0.2, 0.25) is 5.02 Å². The number of aromatic amines is 1. The van der Waals surface area contributed by atoms with E-state index in [1.165, 1.54) is 6.07 Å². The minimum Gasteiger partial charge on any atom is -0.366 e. The van der Waals surface area contributed by atoms with E-state index >= 15 is 4.39 Å². The first-order chi connectivity index (χ1) is 12.8. The van der Waals surface area contributed by atoms with E-state index in [1.807, 2.05) is 22.6 Å². The van der Waals surface area contributed by atoms with Gasteiger partial charge in [-0.1, -0.05) is 18.0 Å². The van der Waals surface area contributed by atoms with Gasteiger partial charge in [-0.05, 0) is 42.1 Å². The molecule has 2 amide bonds. The third-order valence-electron chi connectivity index (χ3n) is 5.02. The van der Waals surface area contributed by atoms with Crippen molar-refractivity contribution in [1.82, 2.24) is 10.3 Å². The summed E-state index contributed by atoms with van der Waals surface area (Å²) >= 11 is 8.25. The topological polar surface area (TPSA) is 88.0 Å². The molecular weight excluding hydrogens is 484 g/mol. The second kappa shape index (κ2) is 8.07. The first-order valence-corrected chi connectivity index (χ1v) is 10.0. The summed E-state index contributed by atoms with van der Waals surface area (Å²) in [4.78, 5) is 26.6. The van der Waals surface area contributed by atoms with Gasteiger partial charge in [0.05, 0.1) is 16.1 Å². The molecule has 1 aliphatic carbocycles. The molecule has 1 aromatic heterocycles. The minimum absolute atomic E-state index is 0.0826. The highest BCUT2D eigenvalue weighted by Gasteiger charge is 2.30. The Labute approximate surface area is 174 Å². The highest BCUT2D eigenvalue weighted by atomic mass is 127. The molecule has 0 radical (unpaired) electrons. The number of hydrogen-bond acceptors (Lipinski definition) is 2. The maximum Gasteiger partial charge on any atom is 0.296 e. The smallest absolute Gasteiger partial charge is 0.296 e. The quantitative estimate of drug-likeness (QED) is 0.440. The van der Waals surface area contributed by atoms with E-state index in [4.69, 9.17) is 17.3 Å². The molecule has 0 spiro atoms. The fourth-order valence-corrected chi connectivity index (χ4v) is 4.38. The summed E-state index contributed by atoms with van der Waals surface area (Å²) in [5.41, 5.74) is 7.08. The Hall–Kier alpha value is -1.79. The lowest BCUT2D eigenvalue weighted by Gasteiger charge is -2.30. The SMILES string of the molecule is Cc1[nH]c2c(C(N)=O)cc(F)c(C3CCCC(NC(=O)C#CI)C3)c2c1Cl. The molecule has 142 valence electrons. The van der Waals surface area contributed by atoms with Crippen molar-refractivity contribution < 1.29 is 14.0 Å². The van der Waals surface area contributed by atoms with Gasteiger partial charge in [-0.15, -0.1) is 0 Å². The molecule has 1 heterocycles. The predicted molar refractivity (Wildman–Crippen MR) is 111 cm³/mol. The first kappa shape index (κ1) is 20.0. The molecule has 5 nitrogen and oxygen atoms in total. The summed E-state index contributed by atoms with van der Waals surface area (Å²) in [5, 5.41) is 3.78. The number of benzene rings is 1. The zero-order chi connectivity index (χ0) is 19.7. The largest absolute Gasteiger partial charge is 0.366 e. The van der Waals surface area contributed by atoms with Crippen molar-refractivity contribution in [1.29, 1.82) is 0 Å². The molecule has 2 unspecified atom stereocenters. The maximum atomic E-state index is 15.0. The number of rotatable bonds is 3. The van der Waals surface area contributed by atoms with E-state index < -0.39 is 11.7 Å². The van der Waals surface area contributed by atoms with Crippen LogP contribution in [0.1, 0.15) is 53.2 Å². The van der Waals surface area contributed by atoms with Crippen LogP contribution in [0.3, 0.4) is 0 Å². The molecule has 1 aliphatic rings. The number of nitrogens with two attached hydrogens (primary N) is 1. The average Bonchev–Trinajstić information content (AvgIpc) is 2.90. The Bertz CT molecular complexity index is 992. The van der Waals surface area contributed by atoms with Crippen LogP contribution in [0.5, 0.6) is 0 Å². The van der Waals surface area contributed by atoms with Crippen molar-refractivity contribution in [2.45, 2.75) is 44.6 Å². The molecule has 0 saturated heterocycles. The lowest BCUT2D eigenvalue weighted by Crippen LogP contribution is -2.37. The lowest BCUT2D eigenvalue weighted by atomic mass is 9.79. The van der Waals surface area contributed by atoms with E-state index in [-0.39, 0.29) is 23.4 Å². The maximum absolute atomic E-state index is 15.0. The Morgan fingerprint density at radius 1 is 1.44 bits per heavy atom. The molecule has 3 rings (SSSR count). The van der Waals surface area contributed by atoms with E-state index in [0.29, 0.717) is 33.6 Å². The van der Waals surface area contributed by atoms with Crippen LogP contribution in [-0.2, 0) is 4.79 Å². The number of amides is 2. The van der Waals surface area contributed by atoms with Gasteiger partial charge in [0.2, 0.25) is 0 Å². The van der Waals surface area contributed by atoms with Crippen molar-refractivity contribution in [2.75, 3.05) is 0 Å². The number of aryl methyl sites for hydroxylation is 1. The number of aromatic nitrogens is 1. The van der Waals surface area contributed by atoms with E-state index in [9.17, 15) is 9.59 Å². The van der Waals surface area contributed by atoms with Crippen molar-refractivity contribution in [3.63, 3.8) is 0 Å². The molecule has 2 atom stereocenters. The van der Waals surface area contributed by atoms with Gasteiger partial charge in [-0.2, -0.15) is 0 Å². The van der Waals surface area contributed by atoms with Gasteiger partial charge >= 0.3 is 0 Å².